The molecule has 16 heavy (non-hydrogen) atoms. The molecule has 2 rings (SSSR count). The third-order valence-electron chi connectivity index (χ3n) is 2.42. The first-order valence-corrected chi connectivity index (χ1v) is 5.67. The molecule has 0 aliphatic carbocycles. The molecule has 0 spiro atoms. The Morgan fingerprint density at radius 1 is 1.62 bits per heavy atom. The fraction of sp³-hybridized carbons (Fsp3) is 0.400. The molecule has 1 atom stereocenters. The summed E-state index contributed by atoms with van der Waals surface area (Å²) in [5.41, 5.74) is 0.758. The molecule has 0 bridgehead atoms. The fourth-order valence-corrected chi connectivity index (χ4v) is 1.81. The lowest BCUT2D eigenvalue weighted by molar-refractivity contribution is -0.0252. The van der Waals surface area contributed by atoms with Crippen molar-refractivity contribution in [1.29, 1.82) is 0 Å². The van der Waals surface area contributed by atoms with Crippen LogP contribution in [0.5, 0.6) is 0 Å². The Morgan fingerprint density at radius 3 is 3.06 bits per heavy atom. The standard InChI is InChI=1S/C10H11BrN2O3/c11-7-1-2-8(12-5-7)9-6-13(10(14)15)3-4-16-9/h1-2,5,9H,3-4,6H2,(H,14,15)/t9-/m0/s1. The number of aromatic nitrogens is 1. The molecule has 1 aliphatic heterocycles. The van der Waals surface area contributed by atoms with Crippen LogP contribution in [0.15, 0.2) is 22.8 Å². The van der Waals surface area contributed by atoms with Crippen molar-refractivity contribution < 1.29 is 14.6 Å². The Hall–Kier alpha value is -1.14. The van der Waals surface area contributed by atoms with Crippen molar-refractivity contribution in [3.63, 3.8) is 0 Å². The van der Waals surface area contributed by atoms with Gasteiger partial charge in [0.05, 0.1) is 18.8 Å². The van der Waals surface area contributed by atoms with Crippen molar-refractivity contribution in [3.8, 4) is 0 Å². The number of morpholine rings is 1. The average Bonchev–Trinajstić information content (AvgIpc) is 2.30. The molecule has 2 heterocycles. The van der Waals surface area contributed by atoms with Crippen LogP contribution in [0.3, 0.4) is 0 Å². The van der Waals surface area contributed by atoms with Gasteiger partial charge in [0.25, 0.3) is 0 Å². The summed E-state index contributed by atoms with van der Waals surface area (Å²) in [5, 5.41) is 8.89. The van der Waals surface area contributed by atoms with E-state index >= 15 is 0 Å². The first kappa shape index (κ1) is 11.3. The van der Waals surface area contributed by atoms with Gasteiger partial charge >= 0.3 is 6.09 Å². The second-order valence-electron chi connectivity index (χ2n) is 3.49. The minimum atomic E-state index is -0.912. The summed E-state index contributed by atoms with van der Waals surface area (Å²) >= 11 is 3.30. The van der Waals surface area contributed by atoms with Crippen molar-refractivity contribution in [3.05, 3.63) is 28.5 Å². The van der Waals surface area contributed by atoms with Gasteiger partial charge in [-0.15, -0.1) is 0 Å². The van der Waals surface area contributed by atoms with Gasteiger partial charge in [0, 0.05) is 17.2 Å². The first-order chi connectivity index (χ1) is 7.66. The Kier molecular flexibility index (Phi) is 3.40. The summed E-state index contributed by atoms with van der Waals surface area (Å²) in [5.74, 6) is 0. The van der Waals surface area contributed by atoms with E-state index in [1.807, 2.05) is 12.1 Å². The molecule has 5 nitrogen and oxygen atoms in total. The molecule has 1 saturated heterocycles. The third-order valence-corrected chi connectivity index (χ3v) is 2.89. The number of carboxylic acid groups (broad SMARTS) is 1. The molecule has 0 unspecified atom stereocenters. The second-order valence-corrected chi connectivity index (χ2v) is 4.40. The zero-order chi connectivity index (χ0) is 11.5. The van der Waals surface area contributed by atoms with Crippen LogP contribution < -0.4 is 0 Å². The first-order valence-electron chi connectivity index (χ1n) is 4.88. The number of carbonyl (C=O) groups is 1. The highest BCUT2D eigenvalue weighted by molar-refractivity contribution is 9.10. The van der Waals surface area contributed by atoms with E-state index in [-0.39, 0.29) is 6.10 Å². The maximum absolute atomic E-state index is 10.8. The molecular formula is C10H11BrN2O3. The molecule has 1 amide bonds. The summed E-state index contributed by atoms with van der Waals surface area (Å²) in [6.07, 6.45) is 0.502. The van der Waals surface area contributed by atoms with Gasteiger partial charge in [-0.3, -0.25) is 4.98 Å². The third kappa shape index (κ3) is 2.51. The van der Waals surface area contributed by atoms with Gasteiger partial charge < -0.3 is 14.7 Å². The number of halogens is 1. The van der Waals surface area contributed by atoms with Gasteiger partial charge in [-0.25, -0.2) is 4.79 Å². The Bertz CT molecular complexity index is 382. The largest absolute Gasteiger partial charge is 0.465 e. The number of hydrogen-bond donors (Lipinski definition) is 1. The molecule has 1 aromatic heterocycles. The van der Waals surface area contributed by atoms with Crippen molar-refractivity contribution in [1.82, 2.24) is 9.88 Å². The highest BCUT2D eigenvalue weighted by Crippen LogP contribution is 2.21. The summed E-state index contributed by atoms with van der Waals surface area (Å²) in [4.78, 5) is 16.4. The maximum atomic E-state index is 10.8. The van der Waals surface area contributed by atoms with Crippen LogP contribution in [0.25, 0.3) is 0 Å². The van der Waals surface area contributed by atoms with Gasteiger partial charge in [0.2, 0.25) is 0 Å². The Morgan fingerprint density at radius 2 is 2.44 bits per heavy atom. The fourth-order valence-electron chi connectivity index (χ4n) is 1.58. The van der Waals surface area contributed by atoms with Gasteiger partial charge in [0.1, 0.15) is 6.10 Å². The van der Waals surface area contributed by atoms with E-state index in [0.717, 1.165) is 10.2 Å². The topological polar surface area (TPSA) is 62.7 Å². The number of ether oxygens (including phenoxy) is 1. The molecule has 0 aromatic carbocycles. The maximum Gasteiger partial charge on any atom is 0.407 e. The van der Waals surface area contributed by atoms with Crippen LogP contribution in [0.2, 0.25) is 0 Å². The molecule has 1 N–H and O–H groups in total. The van der Waals surface area contributed by atoms with Crippen molar-refractivity contribution in [2.45, 2.75) is 6.10 Å². The smallest absolute Gasteiger partial charge is 0.407 e. The van der Waals surface area contributed by atoms with Crippen molar-refractivity contribution in [2.24, 2.45) is 0 Å². The zero-order valence-corrected chi connectivity index (χ0v) is 10.1. The minimum Gasteiger partial charge on any atom is -0.465 e. The van der Waals surface area contributed by atoms with Gasteiger partial charge in [-0.1, -0.05) is 0 Å². The van der Waals surface area contributed by atoms with Gasteiger partial charge in [-0.2, -0.15) is 0 Å². The van der Waals surface area contributed by atoms with Crippen LogP contribution >= 0.6 is 15.9 Å². The van der Waals surface area contributed by atoms with E-state index in [2.05, 4.69) is 20.9 Å². The average molecular weight is 287 g/mol. The second kappa shape index (κ2) is 4.80. The number of rotatable bonds is 1. The lowest BCUT2D eigenvalue weighted by atomic mass is 10.2. The lowest BCUT2D eigenvalue weighted by Gasteiger charge is -2.30. The molecule has 6 heteroatoms. The van der Waals surface area contributed by atoms with E-state index in [1.165, 1.54) is 4.90 Å². The number of nitrogens with zero attached hydrogens (tertiary/aromatic N) is 2. The van der Waals surface area contributed by atoms with Crippen LogP contribution in [0, 0.1) is 0 Å². The summed E-state index contributed by atoms with van der Waals surface area (Å²) in [6, 6.07) is 3.70. The molecule has 0 radical (unpaired) electrons. The molecular weight excluding hydrogens is 276 g/mol. The minimum absolute atomic E-state index is 0.266. The van der Waals surface area contributed by atoms with E-state index < -0.39 is 6.09 Å². The van der Waals surface area contributed by atoms with Crippen LogP contribution in [0.4, 0.5) is 4.79 Å². The lowest BCUT2D eigenvalue weighted by Crippen LogP contribution is -2.41. The van der Waals surface area contributed by atoms with Gasteiger partial charge in [-0.05, 0) is 28.1 Å². The molecule has 1 aromatic rings. The zero-order valence-electron chi connectivity index (χ0n) is 8.47. The van der Waals surface area contributed by atoms with E-state index in [9.17, 15) is 4.79 Å². The van der Waals surface area contributed by atoms with Crippen LogP contribution in [-0.2, 0) is 4.74 Å². The SMILES string of the molecule is O=C(O)N1CCO[C@H](c2ccc(Br)cn2)C1. The Labute approximate surface area is 101 Å². The molecule has 1 fully saturated rings. The highest BCUT2D eigenvalue weighted by Gasteiger charge is 2.25. The quantitative estimate of drug-likeness (QED) is 0.856. The molecule has 1 aliphatic rings. The van der Waals surface area contributed by atoms with E-state index in [4.69, 9.17) is 9.84 Å². The summed E-state index contributed by atoms with van der Waals surface area (Å²) in [6.45, 7) is 1.17. The number of pyridine rings is 1. The summed E-state index contributed by atoms with van der Waals surface area (Å²) in [7, 11) is 0. The predicted molar refractivity (Wildman–Crippen MR) is 60.2 cm³/mol. The van der Waals surface area contributed by atoms with E-state index in [0.29, 0.717) is 19.7 Å². The normalized spacial score (nSPS) is 20.8. The summed E-state index contributed by atoms with van der Waals surface area (Å²) < 4.78 is 6.39. The van der Waals surface area contributed by atoms with Gasteiger partial charge in [0.15, 0.2) is 0 Å². The number of amides is 1. The molecule has 86 valence electrons. The predicted octanol–water partition coefficient (Wildman–Crippen LogP) is 1.90. The van der Waals surface area contributed by atoms with Crippen molar-refractivity contribution >= 4 is 22.0 Å². The van der Waals surface area contributed by atoms with Crippen LogP contribution in [-0.4, -0.2) is 40.8 Å². The van der Waals surface area contributed by atoms with Crippen LogP contribution in [0.1, 0.15) is 11.8 Å². The monoisotopic (exact) mass is 286 g/mol. The Balaban J connectivity index is 2.09. The number of hydrogen-bond acceptors (Lipinski definition) is 3. The van der Waals surface area contributed by atoms with E-state index in [1.54, 1.807) is 6.20 Å². The highest BCUT2D eigenvalue weighted by atomic mass is 79.9. The van der Waals surface area contributed by atoms with Crippen molar-refractivity contribution in [2.75, 3.05) is 19.7 Å². The molecule has 0 saturated carbocycles.